The highest BCUT2D eigenvalue weighted by Crippen LogP contribution is 2.12. The first-order valence-corrected chi connectivity index (χ1v) is 7.25. The van der Waals surface area contributed by atoms with E-state index in [-0.39, 0.29) is 0 Å². The molecule has 2 unspecified atom stereocenters. The van der Waals surface area contributed by atoms with Crippen molar-refractivity contribution in [1.29, 1.82) is 0 Å². The van der Waals surface area contributed by atoms with E-state index in [0.717, 1.165) is 26.4 Å². The molecule has 1 fully saturated rings. The van der Waals surface area contributed by atoms with E-state index in [1.165, 1.54) is 38.5 Å². The van der Waals surface area contributed by atoms with E-state index in [4.69, 9.17) is 9.47 Å². The average molecular weight is 243 g/mol. The Hall–Kier alpha value is -0.120. The Kier molecular flexibility index (Phi) is 8.67. The van der Waals surface area contributed by atoms with Crippen LogP contribution in [-0.2, 0) is 9.47 Å². The van der Waals surface area contributed by atoms with E-state index in [1.54, 1.807) is 0 Å². The van der Waals surface area contributed by atoms with Gasteiger partial charge >= 0.3 is 0 Å². The Balaban J connectivity index is 1.80. The van der Waals surface area contributed by atoms with Crippen molar-refractivity contribution in [3.8, 4) is 0 Å². The number of hydrogen-bond acceptors (Lipinski definition) is 3. The van der Waals surface area contributed by atoms with E-state index >= 15 is 0 Å². The van der Waals surface area contributed by atoms with Gasteiger partial charge in [-0.1, -0.05) is 6.92 Å². The predicted octanol–water partition coefficient (Wildman–Crippen LogP) is 2.74. The number of nitrogens with one attached hydrogen (secondary N) is 1. The van der Waals surface area contributed by atoms with Gasteiger partial charge in [-0.3, -0.25) is 0 Å². The average Bonchev–Trinajstić information content (AvgIpc) is 2.84. The molecular formula is C14H29NO2. The lowest BCUT2D eigenvalue weighted by atomic mass is 10.1. The van der Waals surface area contributed by atoms with Crippen molar-refractivity contribution in [3.05, 3.63) is 0 Å². The molecule has 0 bridgehead atoms. The smallest absolute Gasteiger partial charge is 0.0809 e. The van der Waals surface area contributed by atoms with Crippen molar-refractivity contribution >= 4 is 0 Å². The van der Waals surface area contributed by atoms with E-state index < -0.39 is 0 Å². The molecule has 3 nitrogen and oxygen atoms in total. The molecule has 0 aromatic carbocycles. The van der Waals surface area contributed by atoms with Gasteiger partial charge in [0.15, 0.2) is 0 Å². The topological polar surface area (TPSA) is 30.5 Å². The molecule has 1 saturated heterocycles. The summed E-state index contributed by atoms with van der Waals surface area (Å²) in [7, 11) is 0. The zero-order chi connectivity index (χ0) is 12.3. The molecule has 1 aliphatic rings. The summed E-state index contributed by atoms with van der Waals surface area (Å²) in [6.45, 7) is 8.22. The maximum atomic E-state index is 5.64. The molecule has 1 N–H and O–H groups in total. The van der Waals surface area contributed by atoms with Crippen molar-refractivity contribution in [2.24, 2.45) is 0 Å². The maximum Gasteiger partial charge on any atom is 0.0809 e. The molecule has 0 aromatic rings. The molecule has 0 aliphatic carbocycles. The van der Waals surface area contributed by atoms with Crippen LogP contribution < -0.4 is 5.32 Å². The highest BCUT2D eigenvalue weighted by molar-refractivity contribution is 4.63. The van der Waals surface area contributed by atoms with Gasteiger partial charge in [0, 0.05) is 19.3 Å². The molecule has 1 heterocycles. The summed E-state index contributed by atoms with van der Waals surface area (Å²) in [6, 6.07) is 0.646. The van der Waals surface area contributed by atoms with Gasteiger partial charge in [0.05, 0.1) is 12.7 Å². The van der Waals surface area contributed by atoms with Crippen LogP contribution in [0.3, 0.4) is 0 Å². The van der Waals surface area contributed by atoms with Crippen molar-refractivity contribution in [3.63, 3.8) is 0 Å². The van der Waals surface area contributed by atoms with Gasteiger partial charge in [-0.05, 0) is 52.0 Å². The van der Waals surface area contributed by atoms with Crippen molar-refractivity contribution < 1.29 is 9.47 Å². The van der Waals surface area contributed by atoms with Crippen LogP contribution in [-0.4, -0.2) is 38.5 Å². The van der Waals surface area contributed by atoms with Crippen LogP contribution >= 0.6 is 0 Å². The normalized spacial score (nSPS) is 21.9. The molecule has 0 radical (unpaired) electrons. The highest BCUT2D eigenvalue weighted by atomic mass is 16.5. The quantitative estimate of drug-likeness (QED) is 0.598. The van der Waals surface area contributed by atoms with Gasteiger partial charge < -0.3 is 14.8 Å². The third kappa shape index (κ3) is 7.74. The van der Waals surface area contributed by atoms with Crippen LogP contribution in [0.15, 0.2) is 0 Å². The molecule has 102 valence electrons. The first-order chi connectivity index (χ1) is 8.33. The molecule has 1 rings (SSSR count). The van der Waals surface area contributed by atoms with E-state index in [0.29, 0.717) is 12.1 Å². The van der Waals surface area contributed by atoms with Gasteiger partial charge in [0.1, 0.15) is 0 Å². The fourth-order valence-corrected chi connectivity index (χ4v) is 2.14. The predicted molar refractivity (Wildman–Crippen MR) is 71.4 cm³/mol. The van der Waals surface area contributed by atoms with E-state index in [9.17, 15) is 0 Å². The molecule has 0 aromatic heterocycles. The summed E-state index contributed by atoms with van der Waals surface area (Å²) in [5, 5.41) is 3.51. The SMILES string of the molecule is CCCNC(C)CCCCOCC1CCCO1. The molecule has 0 spiro atoms. The van der Waals surface area contributed by atoms with Crippen LogP contribution in [0.5, 0.6) is 0 Å². The van der Waals surface area contributed by atoms with E-state index in [2.05, 4.69) is 19.2 Å². The highest BCUT2D eigenvalue weighted by Gasteiger charge is 2.14. The summed E-state index contributed by atoms with van der Waals surface area (Å²) < 4.78 is 11.1. The van der Waals surface area contributed by atoms with Gasteiger partial charge in [0.2, 0.25) is 0 Å². The van der Waals surface area contributed by atoms with Gasteiger partial charge in [0.25, 0.3) is 0 Å². The summed E-state index contributed by atoms with van der Waals surface area (Å²) in [5.74, 6) is 0. The number of rotatable bonds is 10. The molecule has 0 saturated carbocycles. The van der Waals surface area contributed by atoms with Crippen molar-refractivity contribution in [1.82, 2.24) is 5.32 Å². The Morgan fingerprint density at radius 3 is 3.00 bits per heavy atom. The Morgan fingerprint density at radius 1 is 1.41 bits per heavy atom. The fourth-order valence-electron chi connectivity index (χ4n) is 2.14. The first kappa shape index (κ1) is 14.9. The minimum Gasteiger partial charge on any atom is -0.379 e. The molecular weight excluding hydrogens is 214 g/mol. The largest absolute Gasteiger partial charge is 0.379 e. The number of unbranched alkanes of at least 4 members (excludes halogenated alkanes) is 1. The van der Waals surface area contributed by atoms with Gasteiger partial charge in [-0.15, -0.1) is 0 Å². The maximum absolute atomic E-state index is 5.64. The van der Waals surface area contributed by atoms with Gasteiger partial charge in [-0.2, -0.15) is 0 Å². The Labute approximate surface area is 106 Å². The second-order valence-electron chi connectivity index (χ2n) is 5.06. The number of hydrogen-bond donors (Lipinski definition) is 1. The second kappa shape index (κ2) is 9.86. The summed E-state index contributed by atoms with van der Waals surface area (Å²) in [4.78, 5) is 0. The van der Waals surface area contributed by atoms with Crippen LogP contribution in [0.25, 0.3) is 0 Å². The Morgan fingerprint density at radius 2 is 2.29 bits per heavy atom. The second-order valence-corrected chi connectivity index (χ2v) is 5.06. The van der Waals surface area contributed by atoms with E-state index in [1.807, 2.05) is 0 Å². The van der Waals surface area contributed by atoms with Crippen LogP contribution in [0.2, 0.25) is 0 Å². The third-order valence-corrected chi connectivity index (χ3v) is 3.25. The van der Waals surface area contributed by atoms with Crippen LogP contribution in [0.4, 0.5) is 0 Å². The van der Waals surface area contributed by atoms with Crippen LogP contribution in [0, 0.1) is 0 Å². The summed E-state index contributed by atoms with van der Waals surface area (Å²) in [5.41, 5.74) is 0. The molecule has 0 amide bonds. The standard InChI is InChI=1S/C14H29NO2/c1-3-9-15-13(2)7-4-5-10-16-12-14-8-6-11-17-14/h13-15H,3-12H2,1-2H3. The fraction of sp³-hybridized carbons (Fsp3) is 1.00. The third-order valence-electron chi connectivity index (χ3n) is 3.25. The lowest BCUT2D eigenvalue weighted by Gasteiger charge is -2.13. The molecule has 2 atom stereocenters. The summed E-state index contributed by atoms with van der Waals surface area (Å²) >= 11 is 0. The lowest BCUT2D eigenvalue weighted by molar-refractivity contribution is 0.0160. The molecule has 1 aliphatic heterocycles. The lowest BCUT2D eigenvalue weighted by Crippen LogP contribution is -2.26. The molecule has 17 heavy (non-hydrogen) atoms. The summed E-state index contributed by atoms with van der Waals surface area (Å²) in [6.07, 6.45) is 7.65. The zero-order valence-electron chi connectivity index (χ0n) is 11.5. The van der Waals surface area contributed by atoms with Crippen molar-refractivity contribution in [2.75, 3.05) is 26.4 Å². The monoisotopic (exact) mass is 243 g/mol. The minimum atomic E-state index is 0.375. The zero-order valence-corrected chi connectivity index (χ0v) is 11.5. The number of ether oxygens (including phenoxy) is 2. The Bertz CT molecular complexity index is 170. The minimum absolute atomic E-state index is 0.375. The molecule has 3 heteroatoms. The van der Waals surface area contributed by atoms with Gasteiger partial charge in [-0.25, -0.2) is 0 Å². The first-order valence-electron chi connectivity index (χ1n) is 7.25. The van der Waals surface area contributed by atoms with Crippen molar-refractivity contribution in [2.45, 2.75) is 64.5 Å². The van der Waals surface area contributed by atoms with Crippen LogP contribution in [0.1, 0.15) is 52.4 Å².